The van der Waals surface area contributed by atoms with E-state index in [1.54, 1.807) is 24.3 Å². The molecule has 0 amide bonds. The Labute approximate surface area is 117 Å². The normalized spacial score (nSPS) is 11.1. The summed E-state index contributed by atoms with van der Waals surface area (Å²) in [6.07, 6.45) is 0. The molecule has 0 unspecified atom stereocenters. The van der Waals surface area contributed by atoms with Crippen molar-refractivity contribution < 1.29 is 14.3 Å². The van der Waals surface area contributed by atoms with E-state index in [2.05, 4.69) is 0 Å². The van der Waals surface area contributed by atoms with Crippen LogP contribution in [0.5, 0.6) is 0 Å². The number of nitrogens with zero attached hydrogens (tertiary/aromatic N) is 1. The Morgan fingerprint density at radius 3 is 2.85 bits per heavy atom. The van der Waals surface area contributed by atoms with Gasteiger partial charge in [-0.3, -0.25) is 4.57 Å². The van der Waals surface area contributed by atoms with Crippen LogP contribution in [-0.4, -0.2) is 15.6 Å². The molecule has 6 heteroatoms. The molecular formula is C14H11NO4S. The van der Waals surface area contributed by atoms with E-state index in [-0.39, 0.29) is 4.88 Å². The first-order chi connectivity index (χ1) is 9.56. The molecule has 0 atom stereocenters. The van der Waals surface area contributed by atoms with E-state index >= 15 is 0 Å². The van der Waals surface area contributed by atoms with Gasteiger partial charge in [0, 0.05) is 4.88 Å². The Bertz CT molecular complexity index is 856. The van der Waals surface area contributed by atoms with E-state index < -0.39 is 11.7 Å². The number of hydrogen-bond donors (Lipinski definition) is 1. The zero-order valence-electron chi connectivity index (χ0n) is 10.6. The molecule has 1 N–H and O–H groups in total. The van der Waals surface area contributed by atoms with Gasteiger partial charge in [-0.05, 0) is 30.7 Å². The first-order valence-electron chi connectivity index (χ1n) is 5.97. The zero-order valence-corrected chi connectivity index (χ0v) is 11.4. The molecule has 3 rings (SSSR count). The molecule has 0 spiro atoms. The number of thiophene rings is 1. The maximum Gasteiger partial charge on any atom is 0.420 e. The lowest BCUT2D eigenvalue weighted by atomic mass is 10.2. The third-order valence-corrected chi connectivity index (χ3v) is 4.21. The van der Waals surface area contributed by atoms with Gasteiger partial charge in [-0.15, -0.1) is 11.3 Å². The van der Waals surface area contributed by atoms with Crippen LogP contribution in [-0.2, 0) is 6.54 Å². The summed E-state index contributed by atoms with van der Waals surface area (Å²) in [5.74, 6) is -1.39. The molecule has 0 radical (unpaired) electrons. The summed E-state index contributed by atoms with van der Waals surface area (Å²) in [6, 6.07) is 8.78. The molecule has 0 saturated heterocycles. The molecule has 20 heavy (non-hydrogen) atoms. The van der Waals surface area contributed by atoms with Crippen LogP contribution < -0.4 is 5.76 Å². The molecule has 0 fully saturated rings. The lowest BCUT2D eigenvalue weighted by molar-refractivity contribution is 0.0702. The minimum atomic E-state index is -0.950. The van der Waals surface area contributed by atoms with Gasteiger partial charge in [0.15, 0.2) is 5.58 Å². The Hall–Kier alpha value is -2.34. The Balaban J connectivity index is 2.07. The van der Waals surface area contributed by atoms with Crippen molar-refractivity contribution in [2.24, 2.45) is 0 Å². The number of aromatic nitrogens is 1. The lowest BCUT2D eigenvalue weighted by Crippen LogP contribution is -2.14. The van der Waals surface area contributed by atoms with Crippen LogP contribution in [0.15, 0.2) is 39.5 Å². The highest BCUT2D eigenvalue weighted by Crippen LogP contribution is 2.23. The molecule has 1 aromatic carbocycles. The van der Waals surface area contributed by atoms with Crippen LogP contribution in [0.1, 0.15) is 20.1 Å². The van der Waals surface area contributed by atoms with Gasteiger partial charge in [0.05, 0.1) is 12.1 Å². The van der Waals surface area contributed by atoms with E-state index in [0.717, 1.165) is 10.4 Å². The first-order valence-corrected chi connectivity index (χ1v) is 6.79. The number of benzene rings is 1. The lowest BCUT2D eigenvalue weighted by Gasteiger charge is -2.01. The van der Waals surface area contributed by atoms with Crippen LogP contribution in [0.25, 0.3) is 11.1 Å². The largest absolute Gasteiger partial charge is 0.477 e. The van der Waals surface area contributed by atoms with Crippen molar-refractivity contribution in [1.82, 2.24) is 4.57 Å². The highest BCUT2D eigenvalue weighted by Gasteiger charge is 2.14. The first kappa shape index (κ1) is 12.7. The topological polar surface area (TPSA) is 72.4 Å². The van der Waals surface area contributed by atoms with E-state index in [1.165, 1.54) is 15.9 Å². The summed E-state index contributed by atoms with van der Waals surface area (Å²) < 4.78 is 6.67. The average molecular weight is 289 g/mol. The Morgan fingerprint density at radius 2 is 2.15 bits per heavy atom. The number of rotatable bonds is 3. The quantitative estimate of drug-likeness (QED) is 0.804. The molecular weight excluding hydrogens is 278 g/mol. The average Bonchev–Trinajstić information content (AvgIpc) is 2.92. The van der Waals surface area contributed by atoms with Crippen LogP contribution in [0.2, 0.25) is 0 Å². The van der Waals surface area contributed by atoms with Crippen molar-refractivity contribution in [1.29, 1.82) is 0 Å². The molecule has 0 aliphatic heterocycles. The smallest absolute Gasteiger partial charge is 0.420 e. The number of carbonyl (C=O) groups is 1. The minimum Gasteiger partial charge on any atom is -0.477 e. The second-order valence-electron chi connectivity index (χ2n) is 4.42. The number of para-hydroxylation sites is 2. The van der Waals surface area contributed by atoms with Crippen molar-refractivity contribution in [3.63, 3.8) is 0 Å². The number of aryl methyl sites for hydroxylation is 1. The Kier molecular flexibility index (Phi) is 2.94. The molecule has 0 bridgehead atoms. The van der Waals surface area contributed by atoms with Crippen LogP contribution >= 0.6 is 11.3 Å². The van der Waals surface area contributed by atoms with Gasteiger partial charge in [-0.25, -0.2) is 9.59 Å². The van der Waals surface area contributed by atoms with E-state index in [0.29, 0.717) is 17.6 Å². The molecule has 0 aliphatic rings. The van der Waals surface area contributed by atoms with Gasteiger partial charge >= 0.3 is 11.7 Å². The molecule has 0 aliphatic carbocycles. The van der Waals surface area contributed by atoms with Gasteiger partial charge < -0.3 is 9.52 Å². The maximum atomic E-state index is 11.9. The predicted octanol–water partition coefficient (Wildman–Crippen LogP) is 2.71. The van der Waals surface area contributed by atoms with Gasteiger partial charge in [0.25, 0.3) is 0 Å². The molecule has 102 valence electrons. The van der Waals surface area contributed by atoms with Crippen molar-refractivity contribution in [2.75, 3.05) is 0 Å². The monoisotopic (exact) mass is 289 g/mol. The Morgan fingerprint density at radius 1 is 1.40 bits per heavy atom. The van der Waals surface area contributed by atoms with Crippen molar-refractivity contribution in [2.45, 2.75) is 13.5 Å². The summed E-state index contributed by atoms with van der Waals surface area (Å²) in [6.45, 7) is 2.16. The summed E-state index contributed by atoms with van der Waals surface area (Å²) >= 11 is 1.21. The summed E-state index contributed by atoms with van der Waals surface area (Å²) in [5, 5.41) is 9.00. The van der Waals surface area contributed by atoms with Gasteiger partial charge in [-0.2, -0.15) is 0 Å². The third kappa shape index (κ3) is 2.04. The predicted molar refractivity (Wildman–Crippen MR) is 75.6 cm³/mol. The van der Waals surface area contributed by atoms with E-state index in [9.17, 15) is 9.59 Å². The highest BCUT2D eigenvalue weighted by atomic mass is 32.1. The summed E-state index contributed by atoms with van der Waals surface area (Å²) in [5.41, 5.74) is 2.06. The number of carboxylic acids is 1. The third-order valence-electron chi connectivity index (χ3n) is 3.13. The van der Waals surface area contributed by atoms with Crippen molar-refractivity contribution in [3.8, 4) is 0 Å². The van der Waals surface area contributed by atoms with Crippen molar-refractivity contribution >= 4 is 28.4 Å². The minimum absolute atomic E-state index is 0.276. The fourth-order valence-corrected chi connectivity index (χ4v) is 2.99. The second-order valence-corrected chi connectivity index (χ2v) is 5.68. The van der Waals surface area contributed by atoms with Gasteiger partial charge in [-0.1, -0.05) is 12.1 Å². The van der Waals surface area contributed by atoms with Crippen molar-refractivity contribution in [3.05, 3.63) is 56.2 Å². The number of aromatic carboxylic acids is 1. The fourth-order valence-electron chi connectivity index (χ4n) is 2.12. The van der Waals surface area contributed by atoms with Crippen LogP contribution in [0.3, 0.4) is 0 Å². The SMILES string of the molecule is Cc1sc(C(=O)O)cc1Cn1c(=O)oc2ccccc21. The zero-order chi connectivity index (χ0) is 14.3. The van der Waals surface area contributed by atoms with E-state index in [1.807, 2.05) is 13.0 Å². The fraction of sp³-hybridized carbons (Fsp3) is 0.143. The standard InChI is InChI=1S/C14H11NO4S/c1-8-9(6-12(20-8)13(16)17)7-15-10-4-2-3-5-11(10)19-14(15)18/h2-6H,7H2,1H3,(H,16,17). The molecule has 2 aromatic heterocycles. The number of fused-ring (bicyclic) bond motifs is 1. The molecule has 0 saturated carbocycles. The van der Waals surface area contributed by atoms with Gasteiger partial charge in [0.1, 0.15) is 4.88 Å². The number of oxazole rings is 1. The van der Waals surface area contributed by atoms with Crippen LogP contribution in [0, 0.1) is 6.92 Å². The molecule has 3 aromatic rings. The maximum absolute atomic E-state index is 11.9. The number of hydrogen-bond acceptors (Lipinski definition) is 4. The van der Waals surface area contributed by atoms with Crippen LogP contribution in [0.4, 0.5) is 0 Å². The summed E-state index contributed by atoms with van der Waals surface area (Å²) in [4.78, 5) is 24.0. The second kappa shape index (κ2) is 4.64. The van der Waals surface area contributed by atoms with Gasteiger partial charge in [0.2, 0.25) is 0 Å². The molecule has 2 heterocycles. The molecule has 5 nitrogen and oxygen atoms in total. The van der Waals surface area contributed by atoms with E-state index in [4.69, 9.17) is 9.52 Å². The summed E-state index contributed by atoms with van der Waals surface area (Å²) in [7, 11) is 0. The highest BCUT2D eigenvalue weighted by molar-refractivity contribution is 7.14. The number of carboxylic acid groups (broad SMARTS) is 1.